The van der Waals surface area contributed by atoms with Crippen LogP contribution in [0.2, 0.25) is 0 Å². The third-order valence-corrected chi connectivity index (χ3v) is 5.92. The summed E-state index contributed by atoms with van der Waals surface area (Å²) in [5, 5.41) is 0. The van der Waals surface area contributed by atoms with Gasteiger partial charge < -0.3 is 20.1 Å². The van der Waals surface area contributed by atoms with Crippen molar-refractivity contribution in [3.63, 3.8) is 0 Å². The highest BCUT2D eigenvalue weighted by atomic mass is 32.2. The molecule has 0 unspecified atom stereocenters. The zero-order chi connectivity index (χ0) is 15.3. The maximum atomic E-state index is 6.25. The van der Waals surface area contributed by atoms with Crippen LogP contribution in [0.25, 0.3) is 0 Å². The van der Waals surface area contributed by atoms with Crippen LogP contribution in [0, 0.1) is 0 Å². The summed E-state index contributed by atoms with van der Waals surface area (Å²) in [5.41, 5.74) is 6.35. The second kappa shape index (κ2) is 7.86. The summed E-state index contributed by atoms with van der Waals surface area (Å²) in [7, 11) is 0. The van der Waals surface area contributed by atoms with Gasteiger partial charge in [-0.2, -0.15) is 11.8 Å². The van der Waals surface area contributed by atoms with Gasteiger partial charge in [0.05, 0.1) is 19.8 Å². The first-order valence-electron chi connectivity index (χ1n) is 8.33. The fraction of sp³-hybridized carbons (Fsp3) is 0.933. The minimum Gasteiger partial charge on any atom is -0.381 e. The maximum Gasteiger partial charge on any atom is 0.191 e. The van der Waals surface area contributed by atoms with Crippen molar-refractivity contribution in [1.29, 1.82) is 0 Å². The Balaban J connectivity index is 1.66. The van der Waals surface area contributed by atoms with E-state index in [0.29, 0.717) is 0 Å². The lowest BCUT2D eigenvalue weighted by molar-refractivity contribution is -0.0668. The van der Waals surface area contributed by atoms with Gasteiger partial charge in [0.25, 0.3) is 0 Å². The van der Waals surface area contributed by atoms with Crippen molar-refractivity contribution in [2.24, 2.45) is 10.7 Å². The summed E-state index contributed by atoms with van der Waals surface area (Å²) in [6.07, 6.45) is 2.08. The number of morpholine rings is 1. The van der Waals surface area contributed by atoms with Gasteiger partial charge >= 0.3 is 0 Å². The molecule has 0 amide bonds. The molecule has 0 bridgehead atoms. The van der Waals surface area contributed by atoms with E-state index in [1.54, 1.807) is 0 Å². The van der Waals surface area contributed by atoms with Gasteiger partial charge in [0, 0.05) is 56.4 Å². The predicted octanol–water partition coefficient (Wildman–Crippen LogP) is 0.231. The average molecular weight is 328 g/mol. The normalized spacial score (nSPS) is 27.8. The fourth-order valence-electron chi connectivity index (χ4n) is 3.48. The maximum absolute atomic E-state index is 6.25. The molecule has 22 heavy (non-hydrogen) atoms. The van der Waals surface area contributed by atoms with Crippen molar-refractivity contribution < 1.29 is 9.47 Å². The Morgan fingerprint density at radius 2 is 1.64 bits per heavy atom. The number of ether oxygens (including phenoxy) is 2. The van der Waals surface area contributed by atoms with Crippen molar-refractivity contribution >= 4 is 17.7 Å². The SMILES string of the molecule is NC(=NCC1(N2CCOCC2)CCOCC1)N1CCSCC1. The van der Waals surface area contributed by atoms with E-state index in [4.69, 9.17) is 20.2 Å². The Labute approximate surface area is 137 Å². The van der Waals surface area contributed by atoms with Gasteiger partial charge in [-0.15, -0.1) is 0 Å². The van der Waals surface area contributed by atoms with E-state index in [1.165, 1.54) is 0 Å². The van der Waals surface area contributed by atoms with Gasteiger partial charge in [0.2, 0.25) is 0 Å². The lowest BCUT2D eigenvalue weighted by Gasteiger charge is -2.47. The molecule has 126 valence electrons. The molecule has 7 heteroatoms. The molecule has 0 aromatic heterocycles. The zero-order valence-corrected chi connectivity index (χ0v) is 14.2. The largest absolute Gasteiger partial charge is 0.381 e. The number of guanidine groups is 1. The zero-order valence-electron chi connectivity index (χ0n) is 13.3. The van der Waals surface area contributed by atoms with Crippen LogP contribution >= 0.6 is 11.8 Å². The number of thioether (sulfide) groups is 1. The molecule has 0 aromatic carbocycles. The van der Waals surface area contributed by atoms with E-state index in [-0.39, 0.29) is 5.54 Å². The van der Waals surface area contributed by atoms with Crippen molar-refractivity contribution in [3.05, 3.63) is 0 Å². The van der Waals surface area contributed by atoms with Crippen molar-refractivity contribution in [2.75, 3.05) is 70.7 Å². The van der Waals surface area contributed by atoms with Crippen LogP contribution in [0.3, 0.4) is 0 Å². The topological polar surface area (TPSA) is 63.3 Å². The molecule has 0 aliphatic carbocycles. The number of aliphatic imine (C=N–C) groups is 1. The molecule has 0 spiro atoms. The first kappa shape index (κ1) is 16.4. The second-order valence-corrected chi connectivity index (χ2v) is 7.43. The van der Waals surface area contributed by atoms with Gasteiger partial charge in [-0.1, -0.05) is 0 Å². The van der Waals surface area contributed by atoms with Crippen molar-refractivity contribution in [3.8, 4) is 0 Å². The molecule has 6 nitrogen and oxygen atoms in total. The van der Waals surface area contributed by atoms with Crippen molar-refractivity contribution in [1.82, 2.24) is 9.80 Å². The molecule has 3 heterocycles. The summed E-state index contributed by atoms with van der Waals surface area (Å²) in [4.78, 5) is 9.57. The highest BCUT2D eigenvalue weighted by Crippen LogP contribution is 2.29. The monoisotopic (exact) mass is 328 g/mol. The second-order valence-electron chi connectivity index (χ2n) is 6.21. The molecular formula is C15H28N4O2S. The molecule has 3 rings (SSSR count). The Morgan fingerprint density at radius 1 is 1.00 bits per heavy atom. The Bertz CT molecular complexity index is 376. The summed E-state index contributed by atoms with van der Waals surface area (Å²) in [6.45, 7) is 8.12. The minimum absolute atomic E-state index is 0.108. The Kier molecular flexibility index (Phi) is 5.84. The van der Waals surface area contributed by atoms with Gasteiger partial charge in [-0.3, -0.25) is 9.89 Å². The molecule has 3 fully saturated rings. The van der Waals surface area contributed by atoms with E-state index in [0.717, 1.165) is 89.5 Å². The quantitative estimate of drug-likeness (QED) is 0.591. The average Bonchev–Trinajstić information content (AvgIpc) is 2.62. The standard InChI is InChI=1S/C15H28N4O2S/c16-14(18-5-11-22-12-6-18)17-13-15(1-7-20-8-2-15)19-3-9-21-10-4-19/h1-13H2,(H2,16,17). The fourth-order valence-corrected chi connectivity index (χ4v) is 4.39. The molecule has 0 atom stereocenters. The molecule has 3 aliphatic rings. The summed E-state index contributed by atoms with van der Waals surface area (Å²) in [6, 6.07) is 0. The van der Waals surface area contributed by atoms with Crippen molar-refractivity contribution in [2.45, 2.75) is 18.4 Å². The molecule has 3 aliphatic heterocycles. The molecule has 2 N–H and O–H groups in total. The van der Waals surface area contributed by atoms with Crippen LogP contribution in [0.15, 0.2) is 4.99 Å². The minimum atomic E-state index is 0.108. The van der Waals surface area contributed by atoms with Gasteiger partial charge in [0.1, 0.15) is 0 Å². The molecule has 3 saturated heterocycles. The number of hydrogen-bond acceptors (Lipinski definition) is 5. The van der Waals surface area contributed by atoms with E-state index in [9.17, 15) is 0 Å². The lowest BCUT2D eigenvalue weighted by Crippen LogP contribution is -2.58. The third-order valence-electron chi connectivity index (χ3n) is 4.98. The summed E-state index contributed by atoms with van der Waals surface area (Å²) in [5.74, 6) is 3.02. The summed E-state index contributed by atoms with van der Waals surface area (Å²) >= 11 is 1.99. The van der Waals surface area contributed by atoms with Gasteiger partial charge in [0.15, 0.2) is 5.96 Å². The predicted molar refractivity (Wildman–Crippen MR) is 90.6 cm³/mol. The molecule has 0 radical (unpaired) electrons. The highest BCUT2D eigenvalue weighted by molar-refractivity contribution is 7.99. The van der Waals surface area contributed by atoms with Crippen LogP contribution in [-0.4, -0.2) is 92.0 Å². The first-order chi connectivity index (χ1) is 10.8. The molecule has 0 saturated carbocycles. The number of nitrogens with zero attached hydrogens (tertiary/aromatic N) is 3. The number of hydrogen-bond donors (Lipinski definition) is 1. The van der Waals surface area contributed by atoms with E-state index >= 15 is 0 Å². The highest BCUT2D eigenvalue weighted by Gasteiger charge is 2.39. The van der Waals surface area contributed by atoms with Gasteiger partial charge in [-0.25, -0.2) is 0 Å². The third kappa shape index (κ3) is 3.88. The molecule has 0 aromatic rings. The van der Waals surface area contributed by atoms with Crippen LogP contribution in [0.4, 0.5) is 0 Å². The summed E-state index contributed by atoms with van der Waals surface area (Å²) < 4.78 is 11.1. The van der Waals surface area contributed by atoms with E-state index < -0.39 is 0 Å². The van der Waals surface area contributed by atoms with Crippen LogP contribution in [0.5, 0.6) is 0 Å². The first-order valence-corrected chi connectivity index (χ1v) is 9.49. The Morgan fingerprint density at radius 3 is 2.32 bits per heavy atom. The number of rotatable bonds is 3. The van der Waals surface area contributed by atoms with Crippen LogP contribution < -0.4 is 5.73 Å². The van der Waals surface area contributed by atoms with Crippen LogP contribution in [-0.2, 0) is 9.47 Å². The van der Waals surface area contributed by atoms with Crippen LogP contribution in [0.1, 0.15) is 12.8 Å². The van der Waals surface area contributed by atoms with E-state index in [1.807, 2.05) is 11.8 Å². The van der Waals surface area contributed by atoms with E-state index in [2.05, 4.69) is 9.80 Å². The molecular weight excluding hydrogens is 300 g/mol. The number of nitrogens with two attached hydrogens (primary N) is 1. The Hall–Kier alpha value is -0.500. The smallest absolute Gasteiger partial charge is 0.191 e. The van der Waals surface area contributed by atoms with Gasteiger partial charge in [-0.05, 0) is 12.8 Å². The lowest BCUT2D eigenvalue weighted by atomic mass is 9.87.